The summed E-state index contributed by atoms with van der Waals surface area (Å²) >= 11 is 0. The van der Waals surface area contributed by atoms with Gasteiger partial charge in [-0.3, -0.25) is 15.0 Å². The highest BCUT2D eigenvalue weighted by atomic mass is 19.4. The molecule has 0 spiro atoms. The van der Waals surface area contributed by atoms with Crippen LogP contribution in [0.25, 0.3) is 0 Å². The minimum Gasteiger partial charge on any atom is -0.481 e. The summed E-state index contributed by atoms with van der Waals surface area (Å²) in [4.78, 5) is 55.1. The van der Waals surface area contributed by atoms with E-state index in [9.17, 15) is 36.7 Å². The molecule has 2 atom stereocenters. The molecule has 1 heterocycles. The fourth-order valence-corrected chi connectivity index (χ4v) is 2.59. The van der Waals surface area contributed by atoms with Gasteiger partial charge in [0.1, 0.15) is 23.9 Å². The van der Waals surface area contributed by atoms with E-state index in [1.165, 1.54) is 19.1 Å². The molecule has 2 aromatic rings. The number of rotatable bonds is 10. The fourth-order valence-electron chi connectivity index (χ4n) is 2.59. The predicted octanol–water partition coefficient (Wildman–Crippen LogP) is 1.78. The fraction of sp³-hybridized carbons (Fsp3) is 0.273. The van der Waals surface area contributed by atoms with E-state index >= 15 is 0 Å². The number of halogens is 4. The number of nitrogen functional groups attached to an aromatic ring is 1. The molecule has 39 heavy (non-hydrogen) atoms. The van der Waals surface area contributed by atoms with Gasteiger partial charge in [-0.15, -0.1) is 0 Å². The van der Waals surface area contributed by atoms with Crippen LogP contribution in [0.15, 0.2) is 34.9 Å². The lowest BCUT2D eigenvalue weighted by atomic mass is 10.0. The van der Waals surface area contributed by atoms with Crippen LogP contribution < -0.4 is 15.8 Å². The van der Waals surface area contributed by atoms with Crippen molar-refractivity contribution >= 4 is 35.6 Å². The van der Waals surface area contributed by atoms with Gasteiger partial charge in [-0.25, -0.2) is 18.8 Å². The molecule has 17 heteroatoms. The van der Waals surface area contributed by atoms with E-state index < -0.39 is 60.2 Å². The number of ether oxygens (including phenoxy) is 1. The summed E-state index contributed by atoms with van der Waals surface area (Å²) in [5, 5.41) is 34.2. The molecule has 0 saturated heterocycles. The third kappa shape index (κ3) is 10.5. The van der Waals surface area contributed by atoms with Crippen molar-refractivity contribution in [1.82, 2.24) is 5.32 Å². The van der Waals surface area contributed by atoms with Crippen molar-refractivity contribution in [3.8, 4) is 5.75 Å². The predicted molar refractivity (Wildman–Crippen MR) is 119 cm³/mol. The van der Waals surface area contributed by atoms with E-state index in [2.05, 4.69) is 5.32 Å². The number of amidine groups is 1. The van der Waals surface area contributed by atoms with Crippen LogP contribution in [0.1, 0.15) is 35.0 Å². The average molecular weight is 563 g/mol. The summed E-state index contributed by atoms with van der Waals surface area (Å²) in [5.74, 6) is -9.51. The van der Waals surface area contributed by atoms with Gasteiger partial charge >= 0.3 is 30.1 Å². The van der Waals surface area contributed by atoms with Crippen LogP contribution in [0.2, 0.25) is 0 Å². The zero-order valence-electron chi connectivity index (χ0n) is 19.7. The van der Waals surface area contributed by atoms with Crippen molar-refractivity contribution in [3.05, 3.63) is 53.2 Å². The number of alkyl halides is 3. The summed E-state index contributed by atoms with van der Waals surface area (Å²) in [5.41, 5.74) is 5.32. The lowest BCUT2D eigenvalue weighted by Crippen LogP contribution is -2.44. The lowest BCUT2D eigenvalue weighted by Gasteiger charge is -2.15. The van der Waals surface area contributed by atoms with Gasteiger partial charge in [0.15, 0.2) is 11.6 Å². The van der Waals surface area contributed by atoms with Crippen LogP contribution in [0.3, 0.4) is 0 Å². The molecule has 1 aromatic carbocycles. The largest absolute Gasteiger partial charge is 0.490 e. The zero-order valence-corrected chi connectivity index (χ0v) is 19.7. The minimum atomic E-state index is -5.08. The minimum absolute atomic E-state index is 0.0276. The molecule has 0 fully saturated rings. The van der Waals surface area contributed by atoms with Crippen molar-refractivity contribution < 1.29 is 66.0 Å². The SMILES string of the molecule is CC(Cc1cc(C(=O)Oc2ccc(C(=N)N)cc2F)co1)C(=O)N[C@@H](CC(=O)O)C(=O)O.O=C(O)C(F)(F)F. The van der Waals surface area contributed by atoms with Gasteiger partial charge in [-0.2, -0.15) is 13.2 Å². The average Bonchev–Trinajstić information content (AvgIpc) is 3.27. The van der Waals surface area contributed by atoms with E-state index in [-0.39, 0.29) is 34.9 Å². The van der Waals surface area contributed by atoms with E-state index in [1.807, 2.05) is 0 Å². The highest BCUT2D eigenvalue weighted by molar-refractivity contribution is 5.95. The molecule has 2 rings (SSSR count). The van der Waals surface area contributed by atoms with Crippen molar-refractivity contribution in [1.29, 1.82) is 5.41 Å². The maximum absolute atomic E-state index is 14.0. The maximum atomic E-state index is 14.0. The molecule has 212 valence electrons. The van der Waals surface area contributed by atoms with Crippen molar-refractivity contribution in [2.75, 3.05) is 0 Å². The van der Waals surface area contributed by atoms with Gasteiger partial charge in [-0.1, -0.05) is 6.92 Å². The van der Waals surface area contributed by atoms with Gasteiger partial charge in [0.25, 0.3) is 0 Å². The topological polar surface area (TPSA) is 230 Å². The molecule has 0 aliphatic rings. The highest BCUT2D eigenvalue weighted by Crippen LogP contribution is 2.21. The number of carbonyl (C=O) groups excluding carboxylic acids is 2. The molecule has 0 bridgehead atoms. The summed E-state index contributed by atoms with van der Waals surface area (Å²) in [7, 11) is 0. The lowest BCUT2D eigenvalue weighted by molar-refractivity contribution is -0.192. The third-order valence-corrected chi connectivity index (χ3v) is 4.53. The number of hydrogen-bond donors (Lipinski definition) is 6. The molecule has 0 saturated carbocycles. The van der Waals surface area contributed by atoms with E-state index in [1.54, 1.807) is 0 Å². The van der Waals surface area contributed by atoms with Crippen LogP contribution in [0.5, 0.6) is 5.75 Å². The first kappa shape index (κ1) is 32.1. The molecule has 0 aliphatic heterocycles. The molecule has 1 unspecified atom stereocenters. The zero-order chi connectivity index (χ0) is 30.1. The monoisotopic (exact) mass is 563 g/mol. The maximum Gasteiger partial charge on any atom is 0.490 e. The van der Waals surface area contributed by atoms with Gasteiger partial charge in [0.2, 0.25) is 5.91 Å². The van der Waals surface area contributed by atoms with Crippen LogP contribution in [-0.2, 0) is 25.6 Å². The molecule has 0 aliphatic carbocycles. The second-order valence-electron chi connectivity index (χ2n) is 7.66. The number of amides is 1. The Labute approximate surface area is 215 Å². The van der Waals surface area contributed by atoms with E-state index in [0.29, 0.717) is 0 Å². The number of esters is 1. The number of carbonyl (C=O) groups is 5. The van der Waals surface area contributed by atoms with Crippen LogP contribution in [0, 0.1) is 17.1 Å². The van der Waals surface area contributed by atoms with Gasteiger partial charge < -0.3 is 35.5 Å². The first-order valence-electron chi connectivity index (χ1n) is 10.4. The van der Waals surface area contributed by atoms with Gasteiger partial charge in [0.05, 0.1) is 12.0 Å². The van der Waals surface area contributed by atoms with E-state index in [0.717, 1.165) is 18.4 Å². The third-order valence-electron chi connectivity index (χ3n) is 4.53. The van der Waals surface area contributed by atoms with Gasteiger partial charge in [-0.05, 0) is 24.3 Å². The Kier molecular flexibility index (Phi) is 11.1. The Hall–Kier alpha value is -4.96. The van der Waals surface area contributed by atoms with Crippen molar-refractivity contribution in [2.24, 2.45) is 11.7 Å². The number of nitrogens with one attached hydrogen (secondary N) is 2. The Bertz CT molecular complexity index is 1260. The number of carboxylic acid groups (broad SMARTS) is 3. The highest BCUT2D eigenvalue weighted by Gasteiger charge is 2.38. The number of benzene rings is 1. The molecule has 1 amide bonds. The van der Waals surface area contributed by atoms with Crippen LogP contribution >= 0.6 is 0 Å². The van der Waals surface area contributed by atoms with Gasteiger partial charge in [0, 0.05) is 17.9 Å². The van der Waals surface area contributed by atoms with Crippen molar-refractivity contribution in [3.63, 3.8) is 0 Å². The normalized spacial score (nSPS) is 12.2. The number of aliphatic carboxylic acids is 3. The second-order valence-corrected chi connectivity index (χ2v) is 7.66. The molecule has 0 radical (unpaired) electrons. The Morgan fingerprint density at radius 2 is 1.69 bits per heavy atom. The molecular weight excluding hydrogens is 542 g/mol. The number of nitrogens with two attached hydrogens (primary N) is 1. The smallest absolute Gasteiger partial charge is 0.481 e. The number of carboxylic acids is 3. The molecule has 13 nitrogen and oxygen atoms in total. The first-order valence-corrected chi connectivity index (χ1v) is 10.4. The Balaban J connectivity index is 0.000000956. The first-order chi connectivity index (χ1) is 17.9. The van der Waals surface area contributed by atoms with Crippen LogP contribution in [-0.4, -0.2) is 63.2 Å². The molecule has 7 N–H and O–H groups in total. The number of furan rings is 1. The standard InChI is InChI=1S/C20H20FN3O8.C2HF3O2/c1-9(18(27)24-14(19(28)29)7-16(25)26)4-12-5-11(8-31-12)20(30)32-15-3-2-10(17(22)23)6-13(15)21;3-2(4,5)1(6)7/h2-3,5-6,8-9,14H,4,7H2,1H3,(H3,22,23)(H,24,27)(H,25,26)(H,28,29);(H,6,7)/t9?,14-;/m0./s1. The summed E-state index contributed by atoms with van der Waals surface area (Å²) in [6.07, 6.45) is -4.84. The number of hydrogen-bond acceptors (Lipinski definition) is 8. The second kappa shape index (κ2) is 13.5. The quantitative estimate of drug-likeness (QED) is 0.0802. The van der Waals surface area contributed by atoms with E-state index in [4.69, 9.17) is 40.4 Å². The van der Waals surface area contributed by atoms with Crippen LogP contribution in [0.4, 0.5) is 17.6 Å². The Morgan fingerprint density at radius 1 is 1.10 bits per heavy atom. The van der Waals surface area contributed by atoms with Crippen molar-refractivity contribution in [2.45, 2.75) is 32.0 Å². The summed E-state index contributed by atoms with van der Waals surface area (Å²) in [6.45, 7) is 1.46. The molecule has 1 aromatic heterocycles. The molecular formula is C22H21F4N3O10. The summed E-state index contributed by atoms with van der Waals surface area (Å²) < 4.78 is 55.9. The Morgan fingerprint density at radius 3 is 2.15 bits per heavy atom. The summed E-state index contributed by atoms with van der Waals surface area (Å²) in [6, 6.07) is 3.09.